The molecule has 0 spiro atoms. The molecule has 46 heavy (non-hydrogen) atoms. The molecular weight excluding hydrogens is 622 g/mol. The Labute approximate surface area is 257 Å². The fraction of sp³-hybridized carbons (Fsp3) is 0.310. The van der Waals surface area contributed by atoms with Gasteiger partial charge in [0.05, 0.1) is 30.3 Å². The molecule has 0 radical (unpaired) electrons. The third-order valence-corrected chi connectivity index (χ3v) is 6.92. The predicted octanol–water partition coefficient (Wildman–Crippen LogP) is 4.40. The van der Waals surface area contributed by atoms with E-state index in [0.29, 0.717) is 29.3 Å². The van der Waals surface area contributed by atoms with Crippen molar-refractivity contribution in [3.8, 4) is 22.6 Å². The predicted molar refractivity (Wildman–Crippen MR) is 152 cm³/mol. The molecule has 1 saturated heterocycles. The van der Waals surface area contributed by atoms with Gasteiger partial charge in [0.15, 0.2) is 11.5 Å². The summed E-state index contributed by atoms with van der Waals surface area (Å²) in [5, 5.41) is 13.5. The van der Waals surface area contributed by atoms with Gasteiger partial charge in [-0.1, -0.05) is 0 Å². The topological polar surface area (TPSA) is 118 Å². The lowest BCUT2D eigenvalue weighted by atomic mass is 10.1. The first kappa shape index (κ1) is 32.2. The van der Waals surface area contributed by atoms with Crippen molar-refractivity contribution in [1.29, 1.82) is 0 Å². The number of aromatic nitrogens is 5. The van der Waals surface area contributed by atoms with E-state index in [1.807, 2.05) is 6.92 Å². The Hall–Kier alpha value is -5.22. The molecule has 0 bridgehead atoms. The summed E-state index contributed by atoms with van der Waals surface area (Å²) in [6.07, 6.45) is -3.20. The summed E-state index contributed by atoms with van der Waals surface area (Å²) < 4.78 is 85.5. The van der Waals surface area contributed by atoms with Gasteiger partial charge in [0, 0.05) is 55.3 Å². The van der Waals surface area contributed by atoms with E-state index in [-0.39, 0.29) is 43.1 Å². The van der Waals surface area contributed by atoms with Crippen molar-refractivity contribution in [2.45, 2.75) is 19.3 Å². The Kier molecular flexibility index (Phi) is 9.11. The van der Waals surface area contributed by atoms with Gasteiger partial charge in [0.2, 0.25) is 0 Å². The molecule has 1 fully saturated rings. The zero-order chi connectivity index (χ0) is 33.1. The molecule has 1 aliphatic rings. The summed E-state index contributed by atoms with van der Waals surface area (Å²) in [5.41, 5.74) is -0.243. The number of amides is 2. The monoisotopic (exact) mass is 648 g/mol. The maximum absolute atomic E-state index is 13.9. The summed E-state index contributed by atoms with van der Waals surface area (Å²) in [4.78, 5) is 32.6. The van der Waals surface area contributed by atoms with Gasteiger partial charge in [-0.2, -0.15) is 31.4 Å². The van der Waals surface area contributed by atoms with Gasteiger partial charge in [-0.05, 0) is 43.3 Å². The van der Waals surface area contributed by atoms with Gasteiger partial charge in [-0.3, -0.25) is 14.6 Å². The summed E-state index contributed by atoms with van der Waals surface area (Å²) >= 11 is 0. The second-order valence-corrected chi connectivity index (χ2v) is 10.1. The molecule has 4 aromatic rings. The van der Waals surface area contributed by atoms with Crippen LogP contribution in [-0.2, 0) is 6.18 Å². The van der Waals surface area contributed by atoms with Crippen LogP contribution in [0, 0.1) is 0 Å². The van der Waals surface area contributed by atoms with Crippen LogP contribution < -0.4 is 15.0 Å². The average Bonchev–Trinajstić information content (AvgIpc) is 3.54. The molecule has 0 unspecified atom stereocenters. The first-order chi connectivity index (χ1) is 21.8. The Bertz CT molecular complexity index is 1700. The van der Waals surface area contributed by atoms with Crippen LogP contribution >= 0.6 is 0 Å². The fourth-order valence-electron chi connectivity index (χ4n) is 4.67. The molecule has 17 heteroatoms. The fourth-order valence-corrected chi connectivity index (χ4v) is 4.67. The van der Waals surface area contributed by atoms with E-state index < -0.39 is 36.3 Å². The number of benzene rings is 1. The first-order valence-corrected chi connectivity index (χ1v) is 13.9. The van der Waals surface area contributed by atoms with E-state index >= 15 is 0 Å². The number of alkyl halides is 6. The molecule has 3 aromatic heterocycles. The molecule has 1 aromatic carbocycles. The molecule has 242 valence electrons. The van der Waals surface area contributed by atoms with E-state index in [4.69, 9.17) is 4.74 Å². The highest BCUT2D eigenvalue weighted by molar-refractivity contribution is 5.95. The van der Waals surface area contributed by atoms with E-state index in [0.717, 1.165) is 12.1 Å². The maximum Gasteiger partial charge on any atom is 0.416 e. The largest absolute Gasteiger partial charge is 0.492 e. The van der Waals surface area contributed by atoms with Crippen molar-refractivity contribution < 1.29 is 40.7 Å². The molecule has 4 heterocycles. The SMILES string of the molecule is CCOc1cncc(-c2cnn(-c3cc(C(=O)N4CCN(c5ccc(C(=O)NCC(F)(F)F)nn5)CC4)cc(C(F)(F)F)c3)c2)c1. The van der Waals surface area contributed by atoms with Gasteiger partial charge in [-0.15, -0.1) is 10.2 Å². The third kappa shape index (κ3) is 7.70. The number of rotatable bonds is 8. The first-order valence-electron chi connectivity index (χ1n) is 13.9. The quantitative estimate of drug-likeness (QED) is 0.280. The summed E-state index contributed by atoms with van der Waals surface area (Å²) in [7, 11) is 0. The molecule has 0 saturated carbocycles. The molecule has 11 nitrogen and oxygen atoms in total. The molecule has 5 rings (SSSR count). The minimum absolute atomic E-state index is 0.0339. The normalized spacial score (nSPS) is 13.9. The van der Waals surface area contributed by atoms with Crippen molar-refractivity contribution in [3.05, 3.63) is 78.0 Å². The number of pyridine rings is 1. The average molecular weight is 649 g/mol. The van der Waals surface area contributed by atoms with Crippen LogP contribution in [0.25, 0.3) is 16.8 Å². The summed E-state index contributed by atoms with van der Waals surface area (Å²) in [6.45, 7) is 1.49. The molecule has 0 atom stereocenters. The van der Waals surface area contributed by atoms with Gasteiger partial charge in [0.25, 0.3) is 11.8 Å². The lowest BCUT2D eigenvalue weighted by Crippen LogP contribution is -2.49. The van der Waals surface area contributed by atoms with E-state index in [2.05, 4.69) is 20.3 Å². The summed E-state index contributed by atoms with van der Waals surface area (Å²) in [5.74, 6) is -0.810. The lowest BCUT2D eigenvalue weighted by molar-refractivity contribution is -0.137. The van der Waals surface area contributed by atoms with Crippen molar-refractivity contribution in [2.75, 3.05) is 44.2 Å². The van der Waals surface area contributed by atoms with Gasteiger partial charge in [0.1, 0.15) is 12.3 Å². The van der Waals surface area contributed by atoms with E-state index in [1.165, 1.54) is 46.4 Å². The molecular formula is C29H26F6N8O3. The molecule has 1 aliphatic heterocycles. The Balaban J connectivity index is 1.29. The van der Waals surface area contributed by atoms with Gasteiger partial charge >= 0.3 is 12.4 Å². The number of anilines is 1. The van der Waals surface area contributed by atoms with E-state index in [1.54, 1.807) is 22.5 Å². The van der Waals surface area contributed by atoms with Gasteiger partial charge < -0.3 is 19.9 Å². The number of nitrogens with one attached hydrogen (secondary N) is 1. The van der Waals surface area contributed by atoms with Crippen LogP contribution in [0.2, 0.25) is 0 Å². The Morgan fingerprint density at radius 2 is 1.67 bits per heavy atom. The van der Waals surface area contributed by atoms with Crippen molar-refractivity contribution in [3.63, 3.8) is 0 Å². The molecule has 0 aliphatic carbocycles. The number of carbonyl (C=O) groups is 2. The number of ether oxygens (including phenoxy) is 1. The number of halogens is 6. The highest BCUT2D eigenvalue weighted by Crippen LogP contribution is 2.33. The Morgan fingerprint density at radius 3 is 2.33 bits per heavy atom. The standard InChI is InChI=1S/C29H26F6N8O3/c1-2-46-23-11-19(13-36-15-23)20-14-38-43(16-20)22-10-18(9-21(12-22)29(33,34)35)27(45)42-7-5-41(6-8-42)25-4-3-24(39-40-25)26(44)37-17-28(30,31)32/h3-4,9-16H,2,5-8,17H2,1H3,(H,37,44). The number of carbonyl (C=O) groups excluding carboxylic acids is 2. The van der Waals surface area contributed by atoms with Gasteiger partial charge in [-0.25, -0.2) is 4.68 Å². The molecule has 1 N–H and O–H groups in total. The number of hydrogen-bond donors (Lipinski definition) is 1. The van der Waals surface area contributed by atoms with Crippen molar-refractivity contribution in [2.24, 2.45) is 0 Å². The summed E-state index contributed by atoms with van der Waals surface area (Å²) in [6, 6.07) is 7.41. The zero-order valence-corrected chi connectivity index (χ0v) is 24.1. The van der Waals surface area contributed by atoms with Crippen LogP contribution in [0.1, 0.15) is 33.3 Å². The van der Waals surface area contributed by atoms with Crippen LogP contribution in [0.15, 0.2) is 61.2 Å². The number of hydrogen-bond acceptors (Lipinski definition) is 8. The number of nitrogens with zero attached hydrogens (tertiary/aromatic N) is 7. The second-order valence-electron chi connectivity index (χ2n) is 10.1. The second kappa shape index (κ2) is 13.0. The van der Waals surface area contributed by atoms with Crippen molar-refractivity contribution >= 4 is 17.6 Å². The van der Waals surface area contributed by atoms with Crippen molar-refractivity contribution in [1.82, 2.24) is 35.2 Å². The number of piperazine rings is 1. The Morgan fingerprint density at radius 1 is 0.913 bits per heavy atom. The van der Waals surface area contributed by atoms with Crippen LogP contribution in [-0.4, -0.2) is 87.2 Å². The smallest absolute Gasteiger partial charge is 0.416 e. The third-order valence-electron chi connectivity index (χ3n) is 6.92. The highest BCUT2D eigenvalue weighted by Gasteiger charge is 2.33. The highest BCUT2D eigenvalue weighted by atomic mass is 19.4. The molecule has 2 amide bonds. The van der Waals surface area contributed by atoms with Crippen LogP contribution in [0.5, 0.6) is 5.75 Å². The minimum atomic E-state index is -4.73. The van der Waals surface area contributed by atoms with Crippen LogP contribution in [0.3, 0.4) is 0 Å². The van der Waals surface area contributed by atoms with Crippen LogP contribution in [0.4, 0.5) is 32.2 Å². The lowest BCUT2D eigenvalue weighted by Gasteiger charge is -2.35. The minimum Gasteiger partial charge on any atom is -0.492 e. The zero-order valence-electron chi connectivity index (χ0n) is 24.1. The van der Waals surface area contributed by atoms with E-state index in [9.17, 15) is 35.9 Å². The maximum atomic E-state index is 13.9.